The minimum atomic E-state index is -0.535. The Kier molecular flexibility index (Phi) is 4.53. The smallest absolute Gasteiger partial charge is 0.268 e. The Morgan fingerprint density at radius 1 is 1.08 bits per heavy atom. The average Bonchev–Trinajstić information content (AvgIpc) is 2.91. The van der Waals surface area contributed by atoms with Crippen LogP contribution in [0, 0.1) is 5.82 Å². The van der Waals surface area contributed by atoms with Crippen LogP contribution in [0.25, 0.3) is 16.8 Å². The number of benzene rings is 3. The van der Waals surface area contributed by atoms with Crippen molar-refractivity contribution in [2.75, 3.05) is 4.90 Å². The molecule has 1 amide bonds. The lowest BCUT2D eigenvalue weighted by Gasteiger charge is -2.14. The number of carbonyl (C=O) groups is 1. The van der Waals surface area contributed by atoms with Gasteiger partial charge in [0.1, 0.15) is 5.82 Å². The Labute approximate surface area is 164 Å². The van der Waals surface area contributed by atoms with Crippen LogP contribution in [0.4, 0.5) is 10.1 Å². The number of amides is 1. The van der Waals surface area contributed by atoms with Gasteiger partial charge in [0.15, 0.2) is 4.32 Å². The van der Waals surface area contributed by atoms with Gasteiger partial charge in [0.25, 0.3) is 5.91 Å². The summed E-state index contributed by atoms with van der Waals surface area (Å²) in [7, 11) is 0. The van der Waals surface area contributed by atoms with E-state index in [1.165, 1.54) is 34.9 Å². The third kappa shape index (κ3) is 3.03. The van der Waals surface area contributed by atoms with Gasteiger partial charge in [-0.15, -0.1) is 0 Å². The molecule has 1 saturated heterocycles. The summed E-state index contributed by atoms with van der Waals surface area (Å²) in [6.45, 7) is 0. The summed E-state index contributed by atoms with van der Waals surface area (Å²) in [5, 5.41) is 2.11. The molecule has 3 aromatic carbocycles. The highest BCUT2D eigenvalue weighted by Gasteiger charge is 2.33. The predicted molar refractivity (Wildman–Crippen MR) is 111 cm³/mol. The Bertz CT molecular complexity index is 1090. The molecule has 0 N–H and O–H groups in total. The molecule has 0 aliphatic carbocycles. The van der Waals surface area contributed by atoms with Crippen molar-refractivity contribution in [1.29, 1.82) is 0 Å². The molecule has 1 fully saturated rings. The summed E-state index contributed by atoms with van der Waals surface area (Å²) in [6.07, 6.45) is 1.84. The summed E-state index contributed by atoms with van der Waals surface area (Å²) < 4.78 is 13.8. The second-order valence-corrected chi connectivity index (χ2v) is 7.77. The topological polar surface area (TPSA) is 20.3 Å². The average molecular weight is 400 g/mol. The van der Waals surface area contributed by atoms with Crippen molar-refractivity contribution in [2.45, 2.75) is 0 Å². The highest BCUT2D eigenvalue weighted by Crippen LogP contribution is 2.37. The first-order valence-electron chi connectivity index (χ1n) is 7.75. The lowest BCUT2D eigenvalue weighted by Crippen LogP contribution is -2.27. The molecular weight excluding hydrogens is 389 g/mol. The van der Waals surface area contributed by atoms with E-state index in [-0.39, 0.29) is 10.9 Å². The Morgan fingerprint density at radius 3 is 2.65 bits per heavy atom. The highest BCUT2D eigenvalue weighted by atomic mass is 35.5. The van der Waals surface area contributed by atoms with E-state index in [9.17, 15) is 9.18 Å². The van der Waals surface area contributed by atoms with E-state index in [2.05, 4.69) is 0 Å². The Hall–Kier alpha value is -2.21. The van der Waals surface area contributed by atoms with Gasteiger partial charge in [-0.25, -0.2) is 4.39 Å². The number of rotatable bonds is 2. The zero-order chi connectivity index (χ0) is 18.3. The van der Waals surface area contributed by atoms with Crippen molar-refractivity contribution in [3.8, 4) is 0 Å². The molecule has 0 unspecified atom stereocenters. The molecule has 128 valence electrons. The lowest BCUT2D eigenvalue weighted by atomic mass is 10.0. The van der Waals surface area contributed by atoms with Crippen LogP contribution >= 0.6 is 35.6 Å². The second-order valence-electron chi connectivity index (χ2n) is 5.68. The normalized spacial score (nSPS) is 16.1. The fourth-order valence-electron chi connectivity index (χ4n) is 2.83. The van der Waals surface area contributed by atoms with E-state index < -0.39 is 5.82 Å². The summed E-state index contributed by atoms with van der Waals surface area (Å²) in [4.78, 5) is 14.8. The number of halogens is 2. The molecule has 1 aliphatic heterocycles. The van der Waals surface area contributed by atoms with Crippen LogP contribution in [0.1, 0.15) is 5.56 Å². The standard InChI is InChI=1S/C20H11ClFNOS2/c21-16-11-14(8-9-17(16)22)23-19(24)18(26-20(23)25)10-13-6-3-5-12-4-1-2-7-15(12)13/h1-11H/b18-10+. The molecule has 0 aromatic heterocycles. The third-order valence-electron chi connectivity index (χ3n) is 4.07. The van der Waals surface area contributed by atoms with Crippen molar-refractivity contribution in [1.82, 2.24) is 0 Å². The van der Waals surface area contributed by atoms with E-state index in [4.69, 9.17) is 23.8 Å². The van der Waals surface area contributed by atoms with E-state index in [0.717, 1.165) is 16.3 Å². The van der Waals surface area contributed by atoms with Crippen LogP contribution in [-0.4, -0.2) is 10.2 Å². The molecule has 2 nitrogen and oxygen atoms in total. The molecule has 26 heavy (non-hydrogen) atoms. The summed E-state index contributed by atoms with van der Waals surface area (Å²) in [5.41, 5.74) is 1.40. The quantitative estimate of drug-likeness (QED) is 0.387. The maximum Gasteiger partial charge on any atom is 0.270 e. The van der Waals surface area contributed by atoms with Gasteiger partial charge < -0.3 is 0 Å². The van der Waals surface area contributed by atoms with Gasteiger partial charge in [-0.2, -0.15) is 0 Å². The maximum absolute atomic E-state index is 13.4. The number of carbonyl (C=O) groups excluding carboxylic acids is 1. The van der Waals surface area contributed by atoms with Crippen molar-refractivity contribution in [3.05, 3.63) is 82.0 Å². The van der Waals surface area contributed by atoms with E-state index in [1.54, 1.807) is 0 Å². The maximum atomic E-state index is 13.4. The lowest BCUT2D eigenvalue weighted by molar-refractivity contribution is -0.113. The van der Waals surface area contributed by atoms with Gasteiger partial charge in [-0.3, -0.25) is 9.69 Å². The van der Waals surface area contributed by atoms with E-state index >= 15 is 0 Å². The van der Waals surface area contributed by atoms with Crippen molar-refractivity contribution < 1.29 is 9.18 Å². The minimum absolute atomic E-state index is 0.0467. The van der Waals surface area contributed by atoms with Crippen molar-refractivity contribution in [3.63, 3.8) is 0 Å². The van der Waals surface area contributed by atoms with Crippen molar-refractivity contribution >= 4 is 68.3 Å². The van der Waals surface area contributed by atoms with Crippen LogP contribution in [0.5, 0.6) is 0 Å². The predicted octanol–water partition coefficient (Wildman–Crippen LogP) is 6.04. The van der Waals surface area contributed by atoms with Gasteiger partial charge >= 0.3 is 0 Å². The molecule has 6 heteroatoms. The Balaban J connectivity index is 1.75. The van der Waals surface area contributed by atoms with Crippen LogP contribution in [-0.2, 0) is 4.79 Å². The SMILES string of the molecule is O=C1/C(=C\c2cccc3ccccc23)SC(=S)N1c1ccc(F)c(Cl)c1. The van der Waals surface area contributed by atoms with E-state index in [0.29, 0.717) is 14.9 Å². The molecule has 0 atom stereocenters. The second kappa shape index (κ2) is 6.83. The number of thiocarbonyl (C=S) groups is 1. The number of nitrogens with zero attached hydrogens (tertiary/aromatic N) is 1. The first-order chi connectivity index (χ1) is 12.5. The zero-order valence-corrected chi connectivity index (χ0v) is 15.7. The summed E-state index contributed by atoms with van der Waals surface area (Å²) >= 11 is 12.4. The number of hydrogen-bond donors (Lipinski definition) is 0. The molecule has 0 bridgehead atoms. The molecule has 1 aliphatic rings. The number of thioether (sulfide) groups is 1. The molecule has 0 radical (unpaired) electrons. The molecule has 3 aromatic rings. The molecule has 0 spiro atoms. The minimum Gasteiger partial charge on any atom is -0.268 e. The van der Waals surface area contributed by atoms with E-state index in [1.807, 2.05) is 48.5 Å². The van der Waals surface area contributed by atoms with Gasteiger partial charge in [-0.05, 0) is 40.6 Å². The van der Waals surface area contributed by atoms with Crippen LogP contribution < -0.4 is 4.90 Å². The molecular formula is C20H11ClFNOS2. The van der Waals surface area contributed by atoms with Gasteiger partial charge in [0.2, 0.25) is 0 Å². The largest absolute Gasteiger partial charge is 0.270 e. The number of hydrogen-bond acceptors (Lipinski definition) is 3. The molecule has 1 heterocycles. The summed E-state index contributed by atoms with van der Waals surface area (Å²) in [6, 6.07) is 18.0. The molecule has 4 rings (SSSR count). The molecule has 0 saturated carbocycles. The van der Waals surface area contributed by atoms with Crippen LogP contribution in [0.3, 0.4) is 0 Å². The third-order valence-corrected chi connectivity index (χ3v) is 5.66. The Morgan fingerprint density at radius 2 is 1.85 bits per heavy atom. The highest BCUT2D eigenvalue weighted by molar-refractivity contribution is 8.27. The fourth-order valence-corrected chi connectivity index (χ4v) is 4.30. The zero-order valence-electron chi connectivity index (χ0n) is 13.3. The van der Waals surface area contributed by atoms with Gasteiger partial charge in [-0.1, -0.05) is 78.0 Å². The van der Waals surface area contributed by atoms with Crippen LogP contribution in [0.15, 0.2) is 65.6 Å². The monoisotopic (exact) mass is 399 g/mol. The van der Waals surface area contributed by atoms with Crippen LogP contribution in [0.2, 0.25) is 5.02 Å². The fraction of sp³-hybridized carbons (Fsp3) is 0. The summed E-state index contributed by atoms with van der Waals surface area (Å²) in [5.74, 6) is -0.775. The number of anilines is 1. The number of fused-ring (bicyclic) bond motifs is 1. The first kappa shape index (κ1) is 17.2. The first-order valence-corrected chi connectivity index (χ1v) is 9.35. The van der Waals surface area contributed by atoms with Gasteiger partial charge in [0.05, 0.1) is 15.6 Å². The van der Waals surface area contributed by atoms with Crippen molar-refractivity contribution in [2.24, 2.45) is 0 Å². The van der Waals surface area contributed by atoms with Gasteiger partial charge in [0, 0.05) is 0 Å².